The smallest absolute Gasteiger partial charge is 0.407 e. The number of alkyl carbamates (subject to hydrolysis) is 1. The van der Waals surface area contributed by atoms with Crippen LogP contribution in [0.3, 0.4) is 0 Å². The minimum Gasteiger partial charge on any atom is -0.447 e. The second-order valence-corrected chi connectivity index (χ2v) is 7.92. The molecule has 4 rings (SSSR count). The van der Waals surface area contributed by atoms with Gasteiger partial charge in [0.15, 0.2) is 0 Å². The van der Waals surface area contributed by atoms with Crippen molar-refractivity contribution in [3.63, 3.8) is 0 Å². The van der Waals surface area contributed by atoms with Crippen molar-refractivity contribution in [1.82, 2.24) is 10.2 Å². The Kier molecular flexibility index (Phi) is 5.37. The molecule has 27 heavy (non-hydrogen) atoms. The molecule has 0 unspecified atom stereocenters. The van der Waals surface area contributed by atoms with E-state index in [1.54, 1.807) is 0 Å². The quantitative estimate of drug-likeness (QED) is 0.803. The molecule has 2 fully saturated rings. The predicted molar refractivity (Wildman–Crippen MR) is 108 cm³/mol. The summed E-state index contributed by atoms with van der Waals surface area (Å²) >= 11 is 6.58. The lowest BCUT2D eigenvalue weighted by Gasteiger charge is -2.20. The molecule has 0 spiro atoms. The number of nitrogens with zero attached hydrogens (tertiary/aromatic N) is 1. The van der Waals surface area contributed by atoms with Crippen LogP contribution in [0.4, 0.5) is 4.79 Å². The van der Waals surface area contributed by atoms with Gasteiger partial charge in [-0.25, -0.2) is 4.79 Å². The molecule has 2 atom stereocenters. The maximum atomic E-state index is 11.2. The van der Waals surface area contributed by atoms with E-state index in [0.29, 0.717) is 12.6 Å². The average Bonchev–Trinajstić information content (AvgIpc) is 3.28. The Hall–Kier alpha value is -2.04. The molecule has 2 aliphatic rings. The molecule has 2 aromatic rings. The van der Waals surface area contributed by atoms with Crippen LogP contribution in [0, 0.1) is 0 Å². The summed E-state index contributed by atoms with van der Waals surface area (Å²) in [4.78, 5) is 13.8. The summed E-state index contributed by atoms with van der Waals surface area (Å²) < 4.78 is 4.96. The number of amides is 1. The number of nitrogens with one attached hydrogen (secondary N) is 1. The van der Waals surface area contributed by atoms with Gasteiger partial charge in [0.2, 0.25) is 0 Å². The third-order valence-electron chi connectivity index (χ3n) is 5.71. The third kappa shape index (κ3) is 4.12. The molecule has 0 aliphatic carbocycles. The zero-order chi connectivity index (χ0) is 18.8. The molecule has 142 valence electrons. The fourth-order valence-corrected chi connectivity index (χ4v) is 4.32. The molecule has 0 saturated carbocycles. The second-order valence-electron chi connectivity index (χ2n) is 7.51. The highest BCUT2D eigenvalue weighted by Gasteiger charge is 2.23. The molecule has 0 aromatic heterocycles. The Bertz CT molecular complexity index is 822. The first-order valence-corrected chi connectivity index (χ1v) is 10.0. The molecule has 0 bridgehead atoms. The average molecular weight is 385 g/mol. The van der Waals surface area contributed by atoms with Crippen molar-refractivity contribution in [2.45, 2.75) is 38.3 Å². The van der Waals surface area contributed by atoms with Crippen molar-refractivity contribution < 1.29 is 9.53 Å². The van der Waals surface area contributed by atoms with Gasteiger partial charge in [-0.1, -0.05) is 48.0 Å². The molecule has 2 heterocycles. The summed E-state index contributed by atoms with van der Waals surface area (Å²) in [5.74, 6) is 0. The van der Waals surface area contributed by atoms with Crippen molar-refractivity contribution in [2.75, 3.05) is 19.7 Å². The van der Waals surface area contributed by atoms with Gasteiger partial charge in [-0.05, 0) is 55.5 Å². The van der Waals surface area contributed by atoms with Crippen LogP contribution in [-0.2, 0) is 11.2 Å². The van der Waals surface area contributed by atoms with Crippen LogP contribution in [0.5, 0.6) is 0 Å². The van der Waals surface area contributed by atoms with Crippen LogP contribution < -0.4 is 5.32 Å². The minimum atomic E-state index is -0.356. The first-order valence-electron chi connectivity index (χ1n) is 9.66. The number of benzene rings is 2. The number of cyclic esters (lactones) is 1. The Labute approximate surface area is 165 Å². The lowest BCUT2D eigenvalue weighted by Crippen LogP contribution is -2.28. The molecule has 2 aromatic carbocycles. The van der Waals surface area contributed by atoms with E-state index in [1.807, 2.05) is 24.3 Å². The molecule has 2 aliphatic heterocycles. The van der Waals surface area contributed by atoms with Gasteiger partial charge in [0.1, 0.15) is 6.61 Å². The van der Waals surface area contributed by atoms with Gasteiger partial charge in [0, 0.05) is 23.2 Å². The monoisotopic (exact) mass is 384 g/mol. The van der Waals surface area contributed by atoms with E-state index in [0.717, 1.165) is 34.7 Å². The number of hydrogen-bond donors (Lipinski definition) is 1. The third-order valence-corrected chi connectivity index (χ3v) is 6.02. The van der Waals surface area contributed by atoms with E-state index in [-0.39, 0.29) is 12.1 Å². The van der Waals surface area contributed by atoms with E-state index in [2.05, 4.69) is 35.3 Å². The van der Waals surface area contributed by atoms with Gasteiger partial charge in [-0.2, -0.15) is 0 Å². The molecule has 1 amide bonds. The molecule has 0 radical (unpaired) electrons. The topological polar surface area (TPSA) is 41.6 Å². The lowest BCUT2D eigenvalue weighted by molar-refractivity contribution is 0.177. The molecule has 2 saturated heterocycles. The zero-order valence-electron chi connectivity index (χ0n) is 15.6. The normalized spacial score (nSPS) is 22.7. The number of carbonyl (C=O) groups excluding carboxylic acids is 1. The first kappa shape index (κ1) is 18.3. The van der Waals surface area contributed by atoms with E-state index in [1.165, 1.54) is 24.9 Å². The molecular weight excluding hydrogens is 360 g/mol. The number of likely N-dealkylation sites (tertiary alicyclic amines) is 1. The number of hydrogen-bond acceptors (Lipinski definition) is 3. The highest BCUT2D eigenvalue weighted by atomic mass is 35.5. The van der Waals surface area contributed by atoms with Gasteiger partial charge in [-0.3, -0.25) is 0 Å². The molecule has 1 N–H and O–H groups in total. The van der Waals surface area contributed by atoms with Crippen LogP contribution in [0.15, 0.2) is 42.5 Å². The summed E-state index contributed by atoms with van der Waals surface area (Å²) in [5.41, 5.74) is 4.43. The molecule has 4 nitrogen and oxygen atoms in total. The van der Waals surface area contributed by atoms with Crippen LogP contribution in [0.25, 0.3) is 11.1 Å². The Morgan fingerprint density at radius 2 is 2.04 bits per heavy atom. The maximum Gasteiger partial charge on any atom is 0.407 e. The summed E-state index contributed by atoms with van der Waals surface area (Å²) in [6, 6.07) is 15.2. The summed E-state index contributed by atoms with van der Waals surface area (Å²) in [7, 11) is 0. The van der Waals surface area contributed by atoms with Crippen molar-refractivity contribution in [2.24, 2.45) is 0 Å². The number of rotatable bonds is 5. The number of ether oxygens (including phenoxy) is 1. The van der Waals surface area contributed by atoms with Gasteiger partial charge >= 0.3 is 6.09 Å². The van der Waals surface area contributed by atoms with Crippen LogP contribution >= 0.6 is 11.6 Å². The van der Waals surface area contributed by atoms with Gasteiger partial charge < -0.3 is 15.0 Å². The predicted octanol–water partition coefficient (Wildman–Crippen LogP) is 4.81. The Balaban J connectivity index is 1.43. The highest BCUT2D eigenvalue weighted by Crippen LogP contribution is 2.30. The summed E-state index contributed by atoms with van der Waals surface area (Å²) in [6.45, 7) is 5.01. The van der Waals surface area contributed by atoms with E-state index in [4.69, 9.17) is 16.3 Å². The fourth-order valence-electron chi connectivity index (χ4n) is 4.01. The van der Waals surface area contributed by atoms with E-state index in [9.17, 15) is 4.79 Å². The van der Waals surface area contributed by atoms with Gasteiger partial charge in [0.05, 0.1) is 6.04 Å². The lowest BCUT2D eigenvalue weighted by atomic mass is 9.99. The molecular formula is C22H25ClN2O2. The van der Waals surface area contributed by atoms with E-state index < -0.39 is 0 Å². The molecule has 5 heteroatoms. The van der Waals surface area contributed by atoms with Crippen molar-refractivity contribution in [1.29, 1.82) is 0 Å². The maximum absolute atomic E-state index is 11.2. The number of carbonyl (C=O) groups is 1. The minimum absolute atomic E-state index is 0.0719. The fraction of sp³-hybridized carbons (Fsp3) is 0.409. The number of halogens is 1. The summed E-state index contributed by atoms with van der Waals surface area (Å²) in [5, 5.41) is 3.58. The summed E-state index contributed by atoms with van der Waals surface area (Å²) in [6.07, 6.45) is 3.30. The van der Waals surface area contributed by atoms with Crippen molar-refractivity contribution in [3.05, 3.63) is 58.6 Å². The largest absolute Gasteiger partial charge is 0.447 e. The van der Waals surface area contributed by atoms with Crippen LogP contribution in [0.1, 0.15) is 36.9 Å². The zero-order valence-corrected chi connectivity index (χ0v) is 16.3. The van der Waals surface area contributed by atoms with Crippen LogP contribution in [0.2, 0.25) is 5.02 Å². The Morgan fingerprint density at radius 1 is 1.22 bits per heavy atom. The van der Waals surface area contributed by atoms with Crippen molar-refractivity contribution >= 4 is 17.7 Å². The standard InChI is InChI=1S/C22H25ClN2O2/c1-15-3-2-11-25(15)12-10-16-4-9-19(20(23)13-16)17-5-7-18(8-6-17)21-14-27-22(26)24-21/h4-9,13,15,21H,2-3,10-12,14H2,1H3,(H,24,26)/t15-,21-/m1/s1. The highest BCUT2D eigenvalue weighted by molar-refractivity contribution is 6.33. The first-order chi connectivity index (χ1) is 13.1. The second kappa shape index (κ2) is 7.91. The van der Waals surface area contributed by atoms with Gasteiger partial charge in [-0.15, -0.1) is 0 Å². The SMILES string of the molecule is C[C@@H]1CCCN1CCc1ccc(-c2ccc([C@H]3COC(=O)N3)cc2)c(Cl)c1. The van der Waals surface area contributed by atoms with E-state index >= 15 is 0 Å². The Morgan fingerprint density at radius 3 is 2.67 bits per heavy atom. The van der Waals surface area contributed by atoms with Crippen LogP contribution in [-0.4, -0.2) is 36.7 Å². The van der Waals surface area contributed by atoms with Crippen molar-refractivity contribution in [3.8, 4) is 11.1 Å². The van der Waals surface area contributed by atoms with Gasteiger partial charge in [0.25, 0.3) is 0 Å².